The van der Waals surface area contributed by atoms with Gasteiger partial charge in [-0.05, 0) is 37.1 Å². The van der Waals surface area contributed by atoms with Crippen molar-refractivity contribution in [3.63, 3.8) is 0 Å². The van der Waals surface area contributed by atoms with E-state index in [1.807, 2.05) is 0 Å². The molecule has 19 heavy (non-hydrogen) atoms. The third kappa shape index (κ3) is 3.99. The zero-order chi connectivity index (χ0) is 13.7. The Morgan fingerprint density at radius 3 is 3.16 bits per heavy atom. The van der Waals surface area contributed by atoms with Gasteiger partial charge in [0.1, 0.15) is 5.75 Å². The van der Waals surface area contributed by atoms with Crippen molar-refractivity contribution in [3.05, 3.63) is 29.8 Å². The van der Waals surface area contributed by atoms with E-state index in [9.17, 15) is 9.90 Å². The molecule has 0 bridgehead atoms. The first-order chi connectivity index (χ1) is 9.15. The lowest BCUT2D eigenvalue weighted by atomic mass is 10.1. The van der Waals surface area contributed by atoms with E-state index in [0.717, 1.165) is 19.4 Å². The molecule has 5 nitrogen and oxygen atoms in total. The summed E-state index contributed by atoms with van der Waals surface area (Å²) in [5.41, 5.74) is 6.87. The molecule has 102 valence electrons. The third-order valence-electron chi connectivity index (χ3n) is 3.01. The fourth-order valence-electron chi connectivity index (χ4n) is 1.95. The number of carbonyl (C=O) groups excluding carboxylic acids is 1. The van der Waals surface area contributed by atoms with Gasteiger partial charge >= 0.3 is 0 Å². The Bertz CT molecular complexity index is 480. The van der Waals surface area contributed by atoms with Crippen LogP contribution < -0.4 is 11.1 Å². The summed E-state index contributed by atoms with van der Waals surface area (Å²) < 4.78 is 5.41. The van der Waals surface area contributed by atoms with Gasteiger partial charge in [0.15, 0.2) is 0 Å². The number of aromatic hydroxyl groups is 1. The van der Waals surface area contributed by atoms with Crippen LogP contribution in [0.4, 0.5) is 5.69 Å². The van der Waals surface area contributed by atoms with Crippen LogP contribution in [0.25, 0.3) is 6.08 Å². The van der Waals surface area contributed by atoms with E-state index >= 15 is 0 Å². The number of phenols is 1. The normalized spacial score (nSPS) is 18.8. The van der Waals surface area contributed by atoms with Crippen LogP contribution in [-0.4, -0.2) is 30.3 Å². The van der Waals surface area contributed by atoms with Gasteiger partial charge in [-0.3, -0.25) is 4.79 Å². The lowest BCUT2D eigenvalue weighted by molar-refractivity contribution is -0.116. The minimum atomic E-state index is -0.196. The van der Waals surface area contributed by atoms with E-state index in [-0.39, 0.29) is 17.8 Å². The summed E-state index contributed by atoms with van der Waals surface area (Å²) in [5.74, 6) is -0.0770. The SMILES string of the molecule is Nc1ccc(O)cc1C=CC(=O)NCC1CCCO1. The van der Waals surface area contributed by atoms with Gasteiger partial charge in [-0.15, -0.1) is 0 Å². The number of amides is 1. The van der Waals surface area contributed by atoms with Crippen molar-refractivity contribution >= 4 is 17.7 Å². The summed E-state index contributed by atoms with van der Waals surface area (Å²) >= 11 is 0. The lowest BCUT2D eigenvalue weighted by Crippen LogP contribution is -2.30. The van der Waals surface area contributed by atoms with E-state index in [4.69, 9.17) is 10.5 Å². The molecule has 1 saturated heterocycles. The van der Waals surface area contributed by atoms with Crippen molar-refractivity contribution in [2.45, 2.75) is 18.9 Å². The van der Waals surface area contributed by atoms with Crippen LogP contribution in [0.1, 0.15) is 18.4 Å². The molecule has 0 radical (unpaired) electrons. The highest BCUT2D eigenvalue weighted by atomic mass is 16.5. The number of hydrogen-bond donors (Lipinski definition) is 3. The molecule has 1 atom stereocenters. The number of hydrogen-bond acceptors (Lipinski definition) is 4. The first kappa shape index (κ1) is 13.4. The zero-order valence-electron chi connectivity index (χ0n) is 10.6. The van der Waals surface area contributed by atoms with Gasteiger partial charge in [-0.2, -0.15) is 0 Å². The highest BCUT2D eigenvalue weighted by molar-refractivity contribution is 5.92. The summed E-state index contributed by atoms with van der Waals surface area (Å²) in [6.45, 7) is 1.30. The molecule has 4 N–H and O–H groups in total. The fourth-order valence-corrected chi connectivity index (χ4v) is 1.95. The van der Waals surface area contributed by atoms with E-state index in [0.29, 0.717) is 17.8 Å². The Hall–Kier alpha value is -2.01. The molecule has 1 fully saturated rings. The smallest absolute Gasteiger partial charge is 0.244 e. The Kier molecular flexibility index (Phi) is 4.41. The van der Waals surface area contributed by atoms with Crippen molar-refractivity contribution in [1.82, 2.24) is 5.32 Å². The fraction of sp³-hybridized carbons (Fsp3) is 0.357. The minimum absolute atomic E-state index is 0.119. The second-order valence-corrected chi connectivity index (χ2v) is 4.53. The summed E-state index contributed by atoms with van der Waals surface area (Å²) in [5, 5.41) is 12.1. The number of benzene rings is 1. The molecule has 1 aliphatic rings. The Morgan fingerprint density at radius 1 is 1.58 bits per heavy atom. The second kappa shape index (κ2) is 6.24. The number of ether oxygens (including phenoxy) is 1. The number of anilines is 1. The molecular formula is C14H18N2O3. The average molecular weight is 262 g/mol. The van der Waals surface area contributed by atoms with Gasteiger partial charge < -0.3 is 20.9 Å². The van der Waals surface area contributed by atoms with Crippen molar-refractivity contribution in [3.8, 4) is 5.75 Å². The standard InChI is InChI=1S/C14H18N2O3/c15-13-5-4-11(17)8-10(13)3-6-14(18)16-9-12-2-1-7-19-12/h3-6,8,12,17H,1-2,7,9,15H2,(H,16,18). The monoisotopic (exact) mass is 262 g/mol. The second-order valence-electron chi connectivity index (χ2n) is 4.53. The number of nitrogen functional groups attached to an aromatic ring is 1. The van der Waals surface area contributed by atoms with Gasteiger partial charge in [0.2, 0.25) is 5.91 Å². The molecule has 2 rings (SSSR count). The maximum atomic E-state index is 11.6. The van der Waals surface area contributed by atoms with Crippen molar-refractivity contribution < 1.29 is 14.6 Å². The highest BCUT2D eigenvalue weighted by Crippen LogP contribution is 2.19. The largest absolute Gasteiger partial charge is 0.508 e. The Morgan fingerprint density at radius 2 is 2.42 bits per heavy atom. The number of rotatable bonds is 4. The third-order valence-corrected chi connectivity index (χ3v) is 3.01. The highest BCUT2D eigenvalue weighted by Gasteiger charge is 2.15. The number of nitrogens with one attached hydrogen (secondary N) is 1. The molecule has 0 spiro atoms. The van der Waals surface area contributed by atoms with Crippen molar-refractivity contribution in [2.24, 2.45) is 0 Å². The molecule has 1 aromatic rings. The maximum Gasteiger partial charge on any atom is 0.244 e. The van der Waals surface area contributed by atoms with Gasteiger partial charge in [0, 0.05) is 30.5 Å². The van der Waals surface area contributed by atoms with E-state index in [2.05, 4.69) is 5.32 Å². The molecule has 1 aromatic carbocycles. The van der Waals surface area contributed by atoms with Crippen LogP contribution >= 0.6 is 0 Å². The first-order valence-corrected chi connectivity index (χ1v) is 6.31. The maximum absolute atomic E-state index is 11.6. The molecule has 1 unspecified atom stereocenters. The first-order valence-electron chi connectivity index (χ1n) is 6.31. The molecule has 0 aliphatic carbocycles. The van der Waals surface area contributed by atoms with Crippen LogP contribution in [0, 0.1) is 0 Å². The molecule has 1 heterocycles. The zero-order valence-corrected chi connectivity index (χ0v) is 10.6. The Balaban J connectivity index is 1.86. The number of phenolic OH excluding ortho intramolecular Hbond substituents is 1. The van der Waals surface area contributed by atoms with Crippen LogP contribution in [0.2, 0.25) is 0 Å². The van der Waals surface area contributed by atoms with Gasteiger partial charge in [-0.25, -0.2) is 0 Å². The number of nitrogens with two attached hydrogens (primary N) is 1. The summed E-state index contributed by atoms with van der Waals surface area (Å²) in [6.07, 6.45) is 5.16. The van der Waals surface area contributed by atoms with Crippen molar-refractivity contribution in [1.29, 1.82) is 0 Å². The predicted octanol–water partition coefficient (Wildman–Crippen LogP) is 1.28. The minimum Gasteiger partial charge on any atom is -0.508 e. The molecule has 1 aliphatic heterocycles. The molecule has 0 saturated carbocycles. The summed E-state index contributed by atoms with van der Waals surface area (Å²) in [4.78, 5) is 11.6. The van der Waals surface area contributed by atoms with E-state index in [1.165, 1.54) is 18.2 Å². The van der Waals surface area contributed by atoms with Gasteiger partial charge in [0.05, 0.1) is 6.10 Å². The molecule has 0 aromatic heterocycles. The molecular weight excluding hydrogens is 244 g/mol. The van der Waals surface area contributed by atoms with Gasteiger partial charge in [0.25, 0.3) is 0 Å². The number of carbonyl (C=O) groups is 1. The van der Waals surface area contributed by atoms with Crippen LogP contribution in [0.5, 0.6) is 5.75 Å². The Labute approximate surface area is 112 Å². The van der Waals surface area contributed by atoms with E-state index < -0.39 is 0 Å². The quantitative estimate of drug-likeness (QED) is 0.433. The van der Waals surface area contributed by atoms with Crippen molar-refractivity contribution in [2.75, 3.05) is 18.9 Å². The summed E-state index contributed by atoms with van der Waals surface area (Å²) in [6, 6.07) is 4.61. The van der Waals surface area contributed by atoms with Gasteiger partial charge in [-0.1, -0.05) is 0 Å². The van der Waals surface area contributed by atoms with Crippen LogP contribution in [0.15, 0.2) is 24.3 Å². The predicted molar refractivity (Wildman–Crippen MR) is 73.5 cm³/mol. The van der Waals surface area contributed by atoms with E-state index in [1.54, 1.807) is 12.1 Å². The lowest BCUT2D eigenvalue weighted by Gasteiger charge is -2.09. The van der Waals surface area contributed by atoms with Crippen LogP contribution in [0.3, 0.4) is 0 Å². The average Bonchev–Trinajstić information content (AvgIpc) is 2.90. The van der Waals surface area contributed by atoms with Crippen LogP contribution in [-0.2, 0) is 9.53 Å². The molecule has 5 heteroatoms. The topological polar surface area (TPSA) is 84.6 Å². The summed E-state index contributed by atoms with van der Waals surface area (Å²) in [7, 11) is 0. The molecule has 1 amide bonds.